The summed E-state index contributed by atoms with van der Waals surface area (Å²) in [6, 6.07) is 2.28. The number of ether oxygens (including phenoxy) is 1. The van der Waals surface area contributed by atoms with Gasteiger partial charge in [0.15, 0.2) is 0 Å². The molecule has 0 bridgehead atoms. The van der Waals surface area contributed by atoms with E-state index < -0.39 is 39.7 Å². The highest BCUT2D eigenvalue weighted by Crippen LogP contribution is 2.26. The molecule has 1 unspecified atom stereocenters. The highest BCUT2D eigenvalue weighted by molar-refractivity contribution is 7.85. The van der Waals surface area contributed by atoms with E-state index in [0.717, 1.165) is 6.07 Å². The van der Waals surface area contributed by atoms with E-state index in [9.17, 15) is 26.4 Å². The summed E-state index contributed by atoms with van der Waals surface area (Å²) in [6.07, 6.45) is -8.25. The molecule has 0 fully saturated rings. The van der Waals surface area contributed by atoms with E-state index in [4.69, 9.17) is 18.1 Å². The molecule has 0 amide bonds. The zero-order valence-corrected chi connectivity index (χ0v) is 13.5. The molecule has 132 valence electrons. The Hall–Kier alpha value is -1.95. The summed E-state index contributed by atoms with van der Waals surface area (Å²) in [6.45, 7) is 0. The zero-order valence-electron chi connectivity index (χ0n) is 12.7. The molecule has 0 spiro atoms. The van der Waals surface area contributed by atoms with Crippen molar-refractivity contribution in [2.75, 3.05) is 30.5 Å². The Balaban J connectivity index is 3.15. The number of benzene rings is 1. The van der Waals surface area contributed by atoms with Crippen LogP contribution in [-0.4, -0.2) is 58.9 Å². The number of alkyl halides is 3. The Kier molecular flexibility index (Phi) is 5.77. The lowest BCUT2D eigenvalue weighted by molar-refractivity contribution is -0.197. The van der Waals surface area contributed by atoms with Crippen molar-refractivity contribution in [1.82, 2.24) is 0 Å². The van der Waals surface area contributed by atoms with Crippen LogP contribution in [0.25, 0.3) is 0 Å². The second-order valence-corrected chi connectivity index (χ2v) is 6.57. The Bertz CT molecular complexity index is 737. The van der Waals surface area contributed by atoms with Crippen molar-refractivity contribution >= 4 is 40.8 Å². The molecule has 0 aliphatic carbocycles. The van der Waals surface area contributed by atoms with Crippen LogP contribution in [0.3, 0.4) is 0 Å². The maximum absolute atomic E-state index is 12.8. The molecule has 0 saturated heterocycles. The lowest BCUT2D eigenvalue weighted by Gasteiger charge is -2.21. The highest BCUT2D eigenvalue weighted by atomic mass is 32.2. The molecule has 1 aromatic rings. The predicted molar refractivity (Wildman–Crippen MR) is 82.2 cm³/mol. The molecule has 1 aromatic carbocycles. The Morgan fingerprint density at radius 1 is 1.42 bits per heavy atom. The number of rotatable bonds is 5. The first-order chi connectivity index (χ1) is 10.7. The van der Waals surface area contributed by atoms with Crippen LogP contribution < -0.4 is 16.1 Å². The van der Waals surface area contributed by atoms with Crippen LogP contribution in [0.5, 0.6) is 0 Å². The number of hydrogen-bond acceptors (Lipinski definition) is 6. The van der Waals surface area contributed by atoms with E-state index in [1.165, 1.54) is 6.07 Å². The van der Waals surface area contributed by atoms with Crippen LogP contribution in [0.15, 0.2) is 12.1 Å². The normalized spacial score (nSPS) is 13.4. The standard InChI is InChI=1S/C12H14BF3N2O5S/c1-18(2)9-4-8(17)6(3-7(9)13)11(19)23-10(12(14,15)16)5-24(20,21)22/h3-4,10H,5,17H2,1-2H3,(H,20,21,22). The summed E-state index contributed by atoms with van der Waals surface area (Å²) in [4.78, 5) is 13.5. The van der Waals surface area contributed by atoms with Gasteiger partial charge in [-0.05, 0) is 6.07 Å². The third-order valence-electron chi connectivity index (χ3n) is 2.88. The third kappa shape index (κ3) is 5.30. The van der Waals surface area contributed by atoms with Crippen molar-refractivity contribution in [3.8, 4) is 0 Å². The van der Waals surface area contributed by atoms with Crippen molar-refractivity contribution in [2.24, 2.45) is 0 Å². The zero-order chi connectivity index (χ0) is 18.9. The van der Waals surface area contributed by atoms with Crippen molar-refractivity contribution in [1.29, 1.82) is 0 Å². The van der Waals surface area contributed by atoms with Gasteiger partial charge in [-0.2, -0.15) is 21.6 Å². The fourth-order valence-electron chi connectivity index (χ4n) is 1.76. The minimum atomic E-state index is -5.20. The summed E-state index contributed by atoms with van der Waals surface area (Å²) < 4.78 is 72.3. The van der Waals surface area contributed by atoms with E-state index in [2.05, 4.69) is 4.74 Å². The minimum Gasteiger partial charge on any atom is -0.448 e. The molecule has 24 heavy (non-hydrogen) atoms. The molecule has 3 N–H and O–H groups in total. The summed E-state index contributed by atoms with van der Waals surface area (Å²) in [5.74, 6) is -3.34. The SMILES string of the molecule is [B]c1cc(C(=O)OC(CS(=O)(=O)O)C(F)(F)F)c(N)cc1N(C)C. The summed E-state index contributed by atoms with van der Waals surface area (Å²) >= 11 is 0. The van der Waals surface area contributed by atoms with Gasteiger partial charge in [0.25, 0.3) is 10.1 Å². The Labute approximate surface area is 137 Å². The van der Waals surface area contributed by atoms with E-state index in [0.29, 0.717) is 5.69 Å². The first-order valence-corrected chi connectivity index (χ1v) is 7.92. The van der Waals surface area contributed by atoms with Gasteiger partial charge in [-0.1, -0.05) is 11.5 Å². The first kappa shape index (κ1) is 20.1. The topological polar surface area (TPSA) is 110 Å². The first-order valence-electron chi connectivity index (χ1n) is 6.31. The van der Waals surface area contributed by atoms with Gasteiger partial charge in [0.2, 0.25) is 6.10 Å². The number of esters is 1. The molecule has 1 atom stereocenters. The van der Waals surface area contributed by atoms with Crippen molar-refractivity contribution < 1.29 is 35.7 Å². The fourth-order valence-corrected chi connectivity index (χ4v) is 2.40. The van der Waals surface area contributed by atoms with Gasteiger partial charge in [-0.25, -0.2) is 4.79 Å². The molecular formula is C12H14BF3N2O5S. The maximum Gasteiger partial charge on any atom is 0.426 e. The van der Waals surface area contributed by atoms with Crippen LogP contribution >= 0.6 is 0 Å². The fraction of sp³-hybridized carbons (Fsp3) is 0.417. The Morgan fingerprint density at radius 3 is 2.38 bits per heavy atom. The van der Waals surface area contributed by atoms with Crippen LogP contribution in [-0.2, 0) is 14.9 Å². The number of nitrogens with zero attached hydrogens (tertiary/aromatic N) is 1. The molecule has 0 heterocycles. The second-order valence-electron chi connectivity index (χ2n) is 5.08. The lowest BCUT2D eigenvalue weighted by Crippen LogP contribution is -2.39. The van der Waals surface area contributed by atoms with Gasteiger partial charge in [0.1, 0.15) is 13.6 Å². The largest absolute Gasteiger partial charge is 0.448 e. The van der Waals surface area contributed by atoms with Crippen LogP contribution in [0.1, 0.15) is 10.4 Å². The molecule has 1 rings (SSSR count). The molecule has 0 saturated carbocycles. The number of nitrogen functional groups attached to an aromatic ring is 1. The quantitative estimate of drug-likeness (QED) is 0.329. The molecular weight excluding hydrogens is 352 g/mol. The molecule has 0 aromatic heterocycles. The highest BCUT2D eigenvalue weighted by Gasteiger charge is 2.45. The van der Waals surface area contributed by atoms with Gasteiger partial charge in [-0.15, -0.1) is 0 Å². The number of hydrogen-bond donors (Lipinski definition) is 2. The molecule has 7 nitrogen and oxygen atoms in total. The molecule has 2 radical (unpaired) electrons. The summed E-state index contributed by atoms with van der Waals surface area (Å²) in [7, 11) is 3.92. The number of anilines is 2. The predicted octanol–water partition coefficient (Wildman–Crippen LogP) is 0.104. The van der Waals surface area contributed by atoms with Crippen LogP contribution in [0, 0.1) is 0 Å². The van der Waals surface area contributed by atoms with Crippen LogP contribution in [0.4, 0.5) is 24.5 Å². The molecule has 0 aliphatic heterocycles. The smallest absolute Gasteiger partial charge is 0.426 e. The van der Waals surface area contributed by atoms with Crippen molar-refractivity contribution in [3.63, 3.8) is 0 Å². The number of carbonyl (C=O) groups excluding carboxylic acids is 1. The Morgan fingerprint density at radius 2 is 1.96 bits per heavy atom. The van der Waals surface area contributed by atoms with Gasteiger partial charge < -0.3 is 15.4 Å². The average molecular weight is 366 g/mol. The van der Waals surface area contributed by atoms with Gasteiger partial charge in [0, 0.05) is 25.5 Å². The number of halogens is 3. The van der Waals surface area contributed by atoms with Crippen molar-refractivity contribution in [3.05, 3.63) is 17.7 Å². The van der Waals surface area contributed by atoms with Gasteiger partial charge >= 0.3 is 12.1 Å². The third-order valence-corrected chi connectivity index (χ3v) is 3.60. The molecule has 0 aliphatic rings. The van der Waals surface area contributed by atoms with Gasteiger partial charge in [0.05, 0.1) is 5.56 Å². The number of carbonyl (C=O) groups is 1. The van der Waals surface area contributed by atoms with E-state index in [1.54, 1.807) is 19.0 Å². The van der Waals surface area contributed by atoms with E-state index in [1.807, 2.05) is 0 Å². The van der Waals surface area contributed by atoms with E-state index >= 15 is 0 Å². The number of nitrogens with two attached hydrogens (primary N) is 1. The van der Waals surface area contributed by atoms with Crippen LogP contribution in [0.2, 0.25) is 0 Å². The van der Waals surface area contributed by atoms with Gasteiger partial charge in [-0.3, -0.25) is 4.55 Å². The van der Waals surface area contributed by atoms with E-state index in [-0.39, 0.29) is 11.2 Å². The monoisotopic (exact) mass is 366 g/mol. The second kappa shape index (κ2) is 6.89. The average Bonchev–Trinajstić information content (AvgIpc) is 2.37. The minimum absolute atomic E-state index is 0.0551. The summed E-state index contributed by atoms with van der Waals surface area (Å²) in [5.41, 5.74) is 5.43. The summed E-state index contributed by atoms with van der Waals surface area (Å²) in [5, 5.41) is 0. The maximum atomic E-state index is 12.8. The molecule has 12 heteroatoms. The lowest BCUT2D eigenvalue weighted by atomic mass is 9.91. The van der Waals surface area contributed by atoms with Crippen molar-refractivity contribution in [2.45, 2.75) is 12.3 Å².